The molecule has 0 radical (unpaired) electrons. The van der Waals surface area contributed by atoms with Crippen LogP contribution in [0.2, 0.25) is 0 Å². The van der Waals surface area contributed by atoms with Crippen LogP contribution in [0.25, 0.3) is 71.5 Å². The van der Waals surface area contributed by atoms with Crippen molar-refractivity contribution in [1.29, 1.82) is 0 Å². The van der Waals surface area contributed by atoms with Gasteiger partial charge in [0.25, 0.3) is 0 Å². The number of rotatable bonds is 3. The van der Waals surface area contributed by atoms with Crippen LogP contribution in [0.1, 0.15) is 11.1 Å². The first kappa shape index (κ1) is 25.3. The van der Waals surface area contributed by atoms with Crippen LogP contribution in [0.4, 0.5) is 11.4 Å². The van der Waals surface area contributed by atoms with E-state index < -0.39 is 0 Å². The van der Waals surface area contributed by atoms with Gasteiger partial charge in [-0.25, -0.2) is 0 Å². The largest absolute Gasteiger partial charge is 0.337 e. The van der Waals surface area contributed by atoms with Gasteiger partial charge in [0.15, 0.2) is 0 Å². The first-order valence-corrected chi connectivity index (χ1v) is 16.7. The summed E-state index contributed by atoms with van der Waals surface area (Å²) in [6.07, 6.45) is 2.14. The number of benzene rings is 7. The fraction of sp³-hybridized carbons (Fsp3) is 0.0667. The highest BCUT2D eigenvalue weighted by Crippen LogP contribution is 2.50. The molecular formula is C45H30N2. The zero-order chi connectivity index (χ0) is 30.6. The molecule has 0 saturated heterocycles. The molecule has 7 aromatic carbocycles. The molecule has 4 heterocycles. The molecule has 0 spiro atoms. The summed E-state index contributed by atoms with van der Waals surface area (Å²) >= 11 is 0. The molecule has 0 fully saturated rings. The predicted octanol–water partition coefficient (Wildman–Crippen LogP) is 11.5. The molecule has 2 heteroatoms. The molecular weight excluding hydrogens is 569 g/mol. The maximum atomic E-state index is 2.64. The lowest BCUT2D eigenvalue weighted by molar-refractivity contribution is 0.725. The van der Waals surface area contributed by atoms with Gasteiger partial charge in [-0.2, -0.15) is 0 Å². The number of hydrogen-bond donors (Lipinski definition) is 0. The number of anilines is 2. The van der Waals surface area contributed by atoms with Crippen molar-refractivity contribution in [1.82, 2.24) is 4.40 Å². The van der Waals surface area contributed by atoms with E-state index in [0.29, 0.717) is 6.04 Å². The average molecular weight is 599 g/mol. The van der Waals surface area contributed by atoms with Gasteiger partial charge in [0.2, 0.25) is 0 Å². The van der Waals surface area contributed by atoms with Gasteiger partial charge in [0.1, 0.15) is 0 Å². The Hall–Kier alpha value is -5.86. The van der Waals surface area contributed by atoms with Crippen LogP contribution in [-0.4, -0.2) is 10.4 Å². The van der Waals surface area contributed by atoms with Gasteiger partial charge < -0.3 is 9.30 Å². The minimum atomic E-state index is 0.462. The van der Waals surface area contributed by atoms with E-state index in [0.717, 1.165) is 12.8 Å². The van der Waals surface area contributed by atoms with Gasteiger partial charge in [-0.1, -0.05) is 121 Å². The smallest absolute Gasteiger partial charge is 0.0620 e. The second kappa shape index (κ2) is 9.34. The molecule has 220 valence electrons. The molecule has 11 rings (SSSR count). The van der Waals surface area contributed by atoms with E-state index in [2.05, 4.69) is 161 Å². The summed E-state index contributed by atoms with van der Waals surface area (Å²) in [5, 5.41) is 5.37. The second-order valence-electron chi connectivity index (χ2n) is 13.3. The number of hydrogen-bond acceptors (Lipinski definition) is 1. The fourth-order valence-electron chi connectivity index (χ4n) is 8.89. The summed E-state index contributed by atoms with van der Waals surface area (Å²) < 4.78 is 2.54. The Balaban J connectivity index is 1.06. The lowest BCUT2D eigenvalue weighted by atomic mass is 9.93. The summed E-state index contributed by atoms with van der Waals surface area (Å²) in [6, 6.07) is 56.7. The standard InChI is InChI=1S/C45H30N2/c1-3-11-28(12-4-1)34-15-7-8-16-35(34)30-21-22-40-31(23-30)24-33-25-32-26-43-39(27-42(32)46(33)40)37-18-9-19-38-44-36(29-13-5-2-6-14-29)17-10-20-41(44)47(43)45(37)38/h1-23,26-27,33H,24-25H2. The Bertz CT molecular complexity index is 2680. The van der Waals surface area contributed by atoms with Crippen molar-refractivity contribution < 1.29 is 0 Å². The van der Waals surface area contributed by atoms with Gasteiger partial charge in [-0.05, 0) is 87.7 Å². The monoisotopic (exact) mass is 598 g/mol. The molecule has 2 aliphatic rings. The summed E-state index contributed by atoms with van der Waals surface area (Å²) in [4.78, 5) is 2.64. The van der Waals surface area contributed by atoms with Crippen LogP contribution in [0, 0.1) is 0 Å². The Labute approximate surface area is 273 Å². The molecule has 2 nitrogen and oxygen atoms in total. The first-order valence-electron chi connectivity index (χ1n) is 16.7. The molecule has 1 unspecified atom stereocenters. The molecule has 0 amide bonds. The quantitative estimate of drug-likeness (QED) is 0.196. The molecule has 2 aliphatic heterocycles. The average Bonchev–Trinajstić information content (AvgIpc) is 3.86. The van der Waals surface area contributed by atoms with Crippen molar-refractivity contribution in [2.45, 2.75) is 18.9 Å². The Kier molecular flexibility index (Phi) is 5.04. The lowest BCUT2D eigenvalue weighted by Gasteiger charge is -2.21. The normalized spacial score (nSPS) is 15.2. The molecule has 0 aliphatic carbocycles. The molecule has 9 aromatic rings. The third kappa shape index (κ3) is 3.45. The maximum Gasteiger partial charge on any atom is 0.0620 e. The van der Waals surface area contributed by atoms with Gasteiger partial charge >= 0.3 is 0 Å². The zero-order valence-corrected chi connectivity index (χ0v) is 25.8. The first-order chi connectivity index (χ1) is 23.3. The van der Waals surface area contributed by atoms with Crippen molar-refractivity contribution in [2.75, 3.05) is 4.90 Å². The minimum Gasteiger partial charge on any atom is -0.337 e. The molecule has 0 N–H and O–H groups in total. The van der Waals surface area contributed by atoms with E-state index in [1.54, 1.807) is 0 Å². The Morgan fingerprint density at radius 1 is 0.426 bits per heavy atom. The zero-order valence-electron chi connectivity index (χ0n) is 25.8. The van der Waals surface area contributed by atoms with Crippen molar-refractivity contribution in [3.8, 4) is 33.4 Å². The topological polar surface area (TPSA) is 7.65 Å². The van der Waals surface area contributed by atoms with Crippen molar-refractivity contribution in [3.05, 3.63) is 163 Å². The molecule has 1 atom stereocenters. The van der Waals surface area contributed by atoms with E-state index in [1.165, 1.54) is 94.0 Å². The van der Waals surface area contributed by atoms with E-state index in [4.69, 9.17) is 0 Å². The third-order valence-electron chi connectivity index (χ3n) is 10.8. The van der Waals surface area contributed by atoms with Gasteiger partial charge in [0.05, 0.1) is 16.6 Å². The summed E-state index contributed by atoms with van der Waals surface area (Å²) in [7, 11) is 0. The molecule has 0 saturated carbocycles. The highest BCUT2D eigenvalue weighted by molar-refractivity contribution is 6.26. The SMILES string of the molecule is c1ccc(-c2ccccc2-c2ccc3c(c2)CC2Cc4cc5c(cc4N32)c2cccc3c4c(-c6ccccc6)cccc4n5c23)cc1. The Morgan fingerprint density at radius 2 is 1.06 bits per heavy atom. The maximum absolute atomic E-state index is 2.64. The van der Waals surface area contributed by atoms with Crippen molar-refractivity contribution >= 4 is 49.5 Å². The van der Waals surface area contributed by atoms with Gasteiger partial charge in [-0.3, -0.25) is 0 Å². The van der Waals surface area contributed by atoms with E-state index in [-0.39, 0.29) is 0 Å². The van der Waals surface area contributed by atoms with E-state index in [1.807, 2.05) is 0 Å². The number of aromatic nitrogens is 1. The van der Waals surface area contributed by atoms with E-state index in [9.17, 15) is 0 Å². The number of para-hydroxylation sites is 1. The van der Waals surface area contributed by atoms with Crippen LogP contribution in [0.3, 0.4) is 0 Å². The second-order valence-corrected chi connectivity index (χ2v) is 13.3. The lowest BCUT2D eigenvalue weighted by Crippen LogP contribution is -2.22. The van der Waals surface area contributed by atoms with Crippen LogP contribution >= 0.6 is 0 Å². The molecule has 0 bridgehead atoms. The van der Waals surface area contributed by atoms with E-state index >= 15 is 0 Å². The van der Waals surface area contributed by atoms with Gasteiger partial charge in [0, 0.05) is 39.0 Å². The van der Waals surface area contributed by atoms with Crippen LogP contribution < -0.4 is 4.90 Å². The van der Waals surface area contributed by atoms with Crippen molar-refractivity contribution in [3.63, 3.8) is 0 Å². The van der Waals surface area contributed by atoms with Gasteiger partial charge in [-0.15, -0.1) is 0 Å². The number of nitrogens with zero attached hydrogens (tertiary/aromatic N) is 2. The molecule has 2 aromatic heterocycles. The number of fused-ring (bicyclic) bond motifs is 11. The molecule has 47 heavy (non-hydrogen) atoms. The highest BCUT2D eigenvalue weighted by atomic mass is 15.2. The third-order valence-corrected chi connectivity index (χ3v) is 10.8. The van der Waals surface area contributed by atoms with Crippen LogP contribution in [-0.2, 0) is 12.8 Å². The summed E-state index contributed by atoms with van der Waals surface area (Å²) in [5.74, 6) is 0. The minimum absolute atomic E-state index is 0.462. The highest BCUT2D eigenvalue weighted by Gasteiger charge is 2.38. The summed E-state index contributed by atoms with van der Waals surface area (Å²) in [6.45, 7) is 0. The van der Waals surface area contributed by atoms with Crippen LogP contribution in [0.15, 0.2) is 152 Å². The summed E-state index contributed by atoms with van der Waals surface area (Å²) in [5.41, 5.74) is 17.3. The Morgan fingerprint density at radius 3 is 1.85 bits per heavy atom. The van der Waals surface area contributed by atoms with Crippen molar-refractivity contribution in [2.24, 2.45) is 0 Å². The fourth-order valence-corrected chi connectivity index (χ4v) is 8.89. The predicted molar refractivity (Wildman–Crippen MR) is 197 cm³/mol. The van der Waals surface area contributed by atoms with Crippen LogP contribution in [0.5, 0.6) is 0 Å².